The monoisotopic (exact) mass is 498 g/mol. The first-order valence-corrected chi connectivity index (χ1v) is 13.9. The zero-order valence-electron chi connectivity index (χ0n) is 21.7. The fourth-order valence-electron chi connectivity index (χ4n) is 6.77. The molecule has 1 saturated heterocycles. The van der Waals surface area contributed by atoms with Crippen LogP contribution in [-0.4, -0.2) is 48.6 Å². The molecule has 0 radical (unpaired) electrons. The summed E-state index contributed by atoms with van der Waals surface area (Å²) in [5.41, 5.74) is 0.900. The largest absolute Gasteiger partial charge is 0.467 e. The maximum Gasteiger partial charge on any atom is 0.408 e. The summed E-state index contributed by atoms with van der Waals surface area (Å²) in [5, 5.41) is 3.03. The van der Waals surface area contributed by atoms with Gasteiger partial charge in [-0.25, -0.2) is 9.59 Å². The Hall–Kier alpha value is -2.57. The number of hydrogen-bond acceptors (Lipinski definition) is 5. The maximum atomic E-state index is 14.2. The number of carbonyl (C=O) groups is 3. The van der Waals surface area contributed by atoms with Gasteiger partial charge in [-0.05, 0) is 36.2 Å². The molecule has 198 valence electrons. The summed E-state index contributed by atoms with van der Waals surface area (Å²) in [4.78, 5) is 41.4. The number of methoxy groups -OCH3 is 1. The number of ether oxygens (including phenoxy) is 2. The number of amides is 2. The van der Waals surface area contributed by atoms with Gasteiger partial charge in [0, 0.05) is 6.54 Å². The molecule has 7 nitrogen and oxygen atoms in total. The molecule has 2 atom stereocenters. The SMILES string of the molecule is COC(=O)[C@@H]1CCCN1C(=O)[C@@H](NC(=O)OCc1ccccc1)C(C1CCCCC1)C1CCCCC1. The summed E-state index contributed by atoms with van der Waals surface area (Å²) in [6, 6.07) is 8.29. The van der Waals surface area contributed by atoms with E-state index < -0.39 is 18.2 Å². The zero-order valence-corrected chi connectivity index (χ0v) is 21.7. The number of nitrogens with one attached hydrogen (secondary N) is 1. The van der Waals surface area contributed by atoms with Crippen LogP contribution in [0.3, 0.4) is 0 Å². The predicted octanol–water partition coefficient (Wildman–Crippen LogP) is 5.22. The molecular formula is C29H42N2O5. The van der Waals surface area contributed by atoms with Crippen LogP contribution in [0.2, 0.25) is 0 Å². The average molecular weight is 499 g/mol. The van der Waals surface area contributed by atoms with Gasteiger partial charge in [-0.1, -0.05) is 94.5 Å². The average Bonchev–Trinajstić information content (AvgIpc) is 3.43. The van der Waals surface area contributed by atoms with Gasteiger partial charge in [-0.2, -0.15) is 0 Å². The molecule has 0 unspecified atom stereocenters. The highest BCUT2D eigenvalue weighted by Gasteiger charge is 2.45. The van der Waals surface area contributed by atoms with Crippen molar-refractivity contribution in [1.29, 1.82) is 0 Å². The van der Waals surface area contributed by atoms with Crippen LogP contribution in [0.15, 0.2) is 30.3 Å². The van der Waals surface area contributed by atoms with Crippen LogP contribution in [0.1, 0.15) is 82.6 Å². The summed E-state index contributed by atoms with van der Waals surface area (Å²) in [7, 11) is 1.37. The number of hydrogen-bond donors (Lipinski definition) is 1. The normalized spacial score (nSPS) is 22.3. The van der Waals surface area contributed by atoms with Crippen molar-refractivity contribution in [3.05, 3.63) is 35.9 Å². The minimum atomic E-state index is -0.690. The van der Waals surface area contributed by atoms with Crippen LogP contribution in [0, 0.1) is 17.8 Å². The Kier molecular flexibility index (Phi) is 9.65. The third-order valence-corrected chi connectivity index (χ3v) is 8.53. The molecule has 1 heterocycles. The van der Waals surface area contributed by atoms with Gasteiger partial charge >= 0.3 is 12.1 Å². The van der Waals surface area contributed by atoms with Gasteiger partial charge < -0.3 is 19.7 Å². The molecule has 1 aromatic rings. The molecule has 0 aromatic heterocycles. The van der Waals surface area contributed by atoms with E-state index in [9.17, 15) is 14.4 Å². The van der Waals surface area contributed by atoms with Crippen molar-refractivity contribution in [3.63, 3.8) is 0 Å². The predicted molar refractivity (Wildman–Crippen MR) is 137 cm³/mol. The van der Waals surface area contributed by atoms with Crippen LogP contribution in [-0.2, 0) is 25.7 Å². The lowest BCUT2D eigenvalue weighted by Gasteiger charge is -2.43. The summed E-state index contributed by atoms with van der Waals surface area (Å²) in [5.74, 6) is 0.314. The van der Waals surface area contributed by atoms with Gasteiger partial charge in [0.1, 0.15) is 18.7 Å². The molecule has 36 heavy (non-hydrogen) atoms. The minimum Gasteiger partial charge on any atom is -0.467 e. The highest BCUT2D eigenvalue weighted by Crippen LogP contribution is 2.42. The molecule has 2 amide bonds. The van der Waals surface area contributed by atoms with Crippen molar-refractivity contribution in [2.24, 2.45) is 17.8 Å². The molecule has 1 N–H and O–H groups in total. The first kappa shape index (κ1) is 26.5. The molecule has 3 aliphatic rings. The summed E-state index contributed by atoms with van der Waals surface area (Å²) in [6.45, 7) is 0.664. The summed E-state index contributed by atoms with van der Waals surface area (Å²) in [6.07, 6.45) is 12.3. The minimum absolute atomic E-state index is 0.0567. The fraction of sp³-hybridized carbons (Fsp3) is 0.690. The van der Waals surface area contributed by atoms with E-state index in [1.54, 1.807) is 4.90 Å². The molecule has 1 aromatic carbocycles. The number of alkyl carbamates (subject to hydrolysis) is 1. The molecule has 3 fully saturated rings. The molecule has 1 aliphatic heterocycles. The van der Waals surface area contributed by atoms with Crippen molar-refractivity contribution in [1.82, 2.24) is 10.2 Å². The Morgan fingerprint density at radius 2 is 1.50 bits per heavy atom. The zero-order chi connectivity index (χ0) is 25.3. The Morgan fingerprint density at radius 1 is 0.889 bits per heavy atom. The molecule has 2 aliphatic carbocycles. The van der Waals surface area contributed by atoms with Crippen LogP contribution in [0.25, 0.3) is 0 Å². The molecule has 0 spiro atoms. The molecule has 0 bridgehead atoms. The second kappa shape index (κ2) is 13.1. The molecule has 7 heteroatoms. The highest BCUT2D eigenvalue weighted by molar-refractivity contribution is 5.90. The Balaban J connectivity index is 1.58. The van der Waals surface area contributed by atoms with Gasteiger partial charge in [0.15, 0.2) is 0 Å². The molecular weight excluding hydrogens is 456 g/mol. The van der Waals surface area contributed by atoms with Gasteiger partial charge in [0.2, 0.25) is 5.91 Å². The molecule has 4 rings (SSSR count). The van der Waals surface area contributed by atoms with Gasteiger partial charge in [0.25, 0.3) is 0 Å². The lowest BCUT2D eigenvalue weighted by molar-refractivity contribution is -0.152. The number of rotatable bonds is 8. The number of carbonyl (C=O) groups excluding carboxylic acids is 3. The number of likely N-dealkylation sites (tertiary alicyclic amines) is 1. The number of benzene rings is 1. The van der Waals surface area contributed by atoms with E-state index in [-0.39, 0.29) is 24.4 Å². The fourth-order valence-corrected chi connectivity index (χ4v) is 6.77. The van der Waals surface area contributed by atoms with E-state index in [0.29, 0.717) is 24.8 Å². The van der Waals surface area contributed by atoms with Gasteiger partial charge in [-0.3, -0.25) is 4.79 Å². The van der Waals surface area contributed by atoms with E-state index >= 15 is 0 Å². The van der Waals surface area contributed by atoms with Crippen molar-refractivity contribution < 1.29 is 23.9 Å². The van der Waals surface area contributed by atoms with Crippen LogP contribution in [0.4, 0.5) is 4.79 Å². The van der Waals surface area contributed by atoms with Gasteiger partial charge in [-0.15, -0.1) is 0 Å². The van der Waals surface area contributed by atoms with E-state index in [1.165, 1.54) is 45.6 Å². The lowest BCUT2D eigenvalue weighted by atomic mass is 9.66. The Labute approximate surface area is 215 Å². The highest BCUT2D eigenvalue weighted by atomic mass is 16.5. The van der Waals surface area contributed by atoms with E-state index in [1.807, 2.05) is 30.3 Å². The smallest absolute Gasteiger partial charge is 0.408 e. The van der Waals surface area contributed by atoms with Crippen LogP contribution in [0.5, 0.6) is 0 Å². The standard InChI is InChI=1S/C29H42N2O5/c1-35-28(33)24-18-11-19-31(24)27(32)26(30-29(34)36-20-21-12-5-2-6-13-21)25(22-14-7-3-8-15-22)23-16-9-4-10-17-23/h2,5-6,12-13,22-26H,3-4,7-11,14-20H2,1H3,(H,30,34)/t24-,26-/m0/s1. The lowest BCUT2D eigenvalue weighted by Crippen LogP contribution is -2.57. The van der Waals surface area contributed by atoms with Crippen molar-refractivity contribution in [2.45, 2.75) is 95.7 Å². The van der Waals surface area contributed by atoms with Crippen molar-refractivity contribution in [2.75, 3.05) is 13.7 Å². The van der Waals surface area contributed by atoms with Crippen LogP contribution >= 0.6 is 0 Å². The first-order valence-electron chi connectivity index (χ1n) is 13.9. The van der Waals surface area contributed by atoms with Crippen LogP contribution < -0.4 is 5.32 Å². The third-order valence-electron chi connectivity index (χ3n) is 8.53. The quantitative estimate of drug-likeness (QED) is 0.497. The van der Waals surface area contributed by atoms with Gasteiger partial charge in [0.05, 0.1) is 7.11 Å². The molecule has 2 saturated carbocycles. The Morgan fingerprint density at radius 3 is 2.08 bits per heavy atom. The first-order chi connectivity index (χ1) is 17.6. The maximum absolute atomic E-state index is 14.2. The van der Waals surface area contributed by atoms with Crippen molar-refractivity contribution >= 4 is 18.0 Å². The topological polar surface area (TPSA) is 84.9 Å². The van der Waals surface area contributed by atoms with Crippen molar-refractivity contribution in [3.8, 4) is 0 Å². The number of esters is 1. The second-order valence-electron chi connectivity index (χ2n) is 10.8. The second-order valence-corrected chi connectivity index (χ2v) is 10.8. The summed E-state index contributed by atoms with van der Waals surface area (Å²) < 4.78 is 10.6. The third kappa shape index (κ3) is 6.60. The van der Waals surface area contributed by atoms with E-state index in [0.717, 1.165) is 37.7 Å². The summed E-state index contributed by atoms with van der Waals surface area (Å²) >= 11 is 0. The number of nitrogens with zero attached hydrogens (tertiary/aromatic N) is 1. The van der Waals surface area contributed by atoms with E-state index in [2.05, 4.69) is 5.32 Å². The Bertz CT molecular complexity index is 846. The van der Waals surface area contributed by atoms with E-state index in [4.69, 9.17) is 9.47 Å².